The molecule has 0 spiro atoms. The molecule has 7 nitrogen and oxygen atoms in total. The normalized spacial score (nSPS) is 22.1. The van der Waals surface area contributed by atoms with E-state index in [2.05, 4.69) is 4.74 Å². The quantitative estimate of drug-likeness (QED) is 0.228. The summed E-state index contributed by atoms with van der Waals surface area (Å²) < 4.78 is 4.35. The minimum absolute atomic E-state index is 0.0290. The molecule has 0 fully saturated rings. The molecule has 0 saturated carbocycles. The molecule has 0 unspecified atom stereocenters. The van der Waals surface area contributed by atoms with Crippen LogP contribution in [0.2, 0.25) is 0 Å². The van der Waals surface area contributed by atoms with E-state index < -0.39 is 30.7 Å². The van der Waals surface area contributed by atoms with Crippen molar-refractivity contribution < 1.29 is 35.1 Å². The molecule has 0 amide bonds. The van der Waals surface area contributed by atoms with E-state index in [0.29, 0.717) is 0 Å². The Kier molecular flexibility index (Phi) is 5.13. The lowest BCUT2D eigenvalue weighted by Crippen LogP contribution is -2.59. The summed E-state index contributed by atoms with van der Waals surface area (Å²) in [4.78, 5) is 10.1. The first kappa shape index (κ1) is 13.4. The summed E-state index contributed by atoms with van der Waals surface area (Å²) in [6, 6.07) is 0. The van der Waals surface area contributed by atoms with Crippen molar-refractivity contribution in [2.75, 3.05) is 13.7 Å². The van der Waals surface area contributed by atoms with Gasteiger partial charge in [0.1, 0.15) is 18.3 Å². The smallest absolute Gasteiger partial charge is 0.224 e. The Morgan fingerprint density at radius 1 is 1.43 bits per heavy atom. The molecule has 0 aliphatic carbocycles. The molecule has 0 heterocycles. The SMILES string of the molecule is CO[C@@](O)([C@H](O)CO)[C@H](O)[C@@H](O)C=O. The van der Waals surface area contributed by atoms with Gasteiger partial charge in [0, 0.05) is 7.11 Å². The number of hydrogen-bond donors (Lipinski definition) is 5. The van der Waals surface area contributed by atoms with Crippen LogP contribution in [-0.2, 0) is 9.53 Å². The maximum absolute atomic E-state index is 10.1. The highest BCUT2D eigenvalue weighted by Gasteiger charge is 2.46. The molecule has 7 heteroatoms. The van der Waals surface area contributed by atoms with Gasteiger partial charge < -0.3 is 35.1 Å². The van der Waals surface area contributed by atoms with Gasteiger partial charge in [0.2, 0.25) is 5.79 Å². The summed E-state index contributed by atoms with van der Waals surface area (Å²) in [5, 5.41) is 45.2. The first-order valence-corrected chi connectivity index (χ1v) is 3.81. The summed E-state index contributed by atoms with van der Waals surface area (Å²) in [5.74, 6) is -2.59. The highest BCUT2D eigenvalue weighted by molar-refractivity contribution is 5.56. The number of aldehydes is 1. The fourth-order valence-corrected chi connectivity index (χ4v) is 0.904. The summed E-state index contributed by atoms with van der Waals surface area (Å²) >= 11 is 0. The van der Waals surface area contributed by atoms with Crippen LogP contribution >= 0.6 is 0 Å². The van der Waals surface area contributed by atoms with Gasteiger partial charge in [-0.1, -0.05) is 0 Å². The van der Waals surface area contributed by atoms with Crippen molar-refractivity contribution >= 4 is 6.29 Å². The standard InChI is InChI=1S/C7H14O7/c1-14-7(13,5(11)3-9)6(12)4(10)2-8/h2,4-6,9-13H,3H2,1H3/t4-,5+,6+,7-/m0/s1. The zero-order valence-corrected chi connectivity index (χ0v) is 7.57. The molecule has 14 heavy (non-hydrogen) atoms. The number of methoxy groups -OCH3 is 1. The van der Waals surface area contributed by atoms with Gasteiger partial charge in [0.05, 0.1) is 6.61 Å². The fourth-order valence-electron chi connectivity index (χ4n) is 0.904. The van der Waals surface area contributed by atoms with Crippen LogP contribution in [0.4, 0.5) is 0 Å². The van der Waals surface area contributed by atoms with Crippen molar-refractivity contribution in [2.45, 2.75) is 24.1 Å². The Hall–Kier alpha value is -0.570. The molecule has 5 N–H and O–H groups in total. The number of aliphatic hydroxyl groups is 5. The second-order valence-corrected chi connectivity index (χ2v) is 2.73. The molecule has 0 aromatic heterocycles. The van der Waals surface area contributed by atoms with Gasteiger partial charge in [0.25, 0.3) is 0 Å². The molecule has 0 rings (SSSR count). The van der Waals surface area contributed by atoms with Crippen LogP contribution in [0, 0.1) is 0 Å². The van der Waals surface area contributed by atoms with E-state index in [0.717, 1.165) is 7.11 Å². The van der Waals surface area contributed by atoms with Crippen molar-refractivity contribution in [1.82, 2.24) is 0 Å². The van der Waals surface area contributed by atoms with Crippen LogP contribution in [0.25, 0.3) is 0 Å². The molecule has 84 valence electrons. The van der Waals surface area contributed by atoms with E-state index in [-0.39, 0.29) is 6.29 Å². The van der Waals surface area contributed by atoms with Crippen molar-refractivity contribution in [3.8, 4) is 0 Å². The third kappa shape index (κ3) is 2.47. The van der Waals surface area contributed by atoms with Gasteiger partial charge in [-0.25, -0.2) is 0 Å². The van der Waals surface area contributed by atoms with E-state index in [4.69, 9.17) is 15.3 Å². The van der Waals surface area contributed by atoms with Gasteiger partial charge in [0.15, 0.2) is 6.29 Å². The largest absolute Gasteiger partial charge is 0.393 e. The maximum atomic E-state index is 10.1. The molecule has 0 aliphatic rings. The number of ether oxygens (including phenoxy) is 1. The monoisotopic (exact) mass is 210 g/mol. The number of rotatable bonds is 6. The van der Waals surface area contributed by atoms with E-state index >= 15 is 0 Å². The molecule has 0 aliphatic heterocycles. The number of hydrogen-bond acceptors (Lipinski definition) is 7. The lowest BCUT2D eigenvalue weighted by Gasteiger charge is -2.35. The fraction of sp³-hybridized carbons (Fsp3) is 0.857. The zero-order chi connectivity index (χ0) is 11.4. The van der Waals surface area contributed by atoms with Crippen molar-refractivity contribution in [2.24, 2.45) is 0 Å². The minimum atomic E-state index is -2.59. The van der Waals surface area contributed by atoms with Gasteiger partial charge >= 0.3 is 0 Å². The van der Waals surface area contributed by atoms with Crippen LogP contribution in [0.3, 0.4) is 0 Å². The average Bonchev–Trinajstić information content (AvgIpc) is 2.24. The molecular formula is C7H14O7. The summed E-state index contributed by atoms with van der Waals surface area (Å²) in [6.07, 6.45) is -5.83. The molecule has 0 radical (unpaired) electrons. The lowest BCUT2D eigenvalue weighted by atomic mass is 9.99. The van der Waals surface area contributed by atoms with Gasteiger partial charge in [-0.3, -0.25) is 0 Å². The van der Waals surface area contributed by atoms with Gasteiger partial charge in [-0.05, 0) is 0 Å². The van der Waals surface area contributed by atoms with Crippen LogP contribution in [-0.4, -0.2) is 69.6 Å². The van der Waals surface area contributed by atoms with Crippen molar-refractivity contribution in [1.29, 1.82) is 0 Å². The Bertz CT molecular complexity index is 185. The summed E-state index contributed by atoms with van der Waals surface area (Å²) in [7, 11) is 0.944. The Balaban J connectivity index is 4.74. The van der Waals surface area contributed by atoms with Crippen LogP contribution < -0.4 is 0 Å². The Morgan fingerprint density at radius 2 is 1.93 bits per heavy atom. The molecule has 0 bridgehead atoms. The van der Waals surface area contributed by atoms with Crippen LogP contribution in [0.1, 0.15) is 0 Å². The summed E-state index contributed by atoms with van der Waals surface area (Å²) in [6.45, 7) is -0.896. The first-order chi connectivity index (χ1) is 6.43. The van der Waals surface area contributed by atoms with Crippen molar-refractivity contribution in [3.05, 3.63) is 0 Å². The number of carbonyl (C=O) groups excluding carboxylic acids is 1. The second kappa shape index (κ2) is 5.35. The van der Waals surface area contributed by atoms with E-state index in [9.17, 15) is 15.0 Å². The molecule has 4 atom stereocenters. The Labute approximate surface area is 80.2 Å². The predicted molar refractivity (Wildman–Crippen MR) is 43.1 cm³/mol. The molecule has 0 aromatic rings. The topological polar surface area (TPSA) is 127 Å². The first-order valence-electron chi connectivity index (χ1n) is 3.81. The highest BCUT2D eigenvalue weighted by Crippen LogP contribution is 2.19. The maximum Gasteiger partial charge on any atom is 0.224 e. The van der Waals surface area contributed by atoms with Gasteiger partial charge in [-0.15, -0.1) is 0 Å². The average molecular weight is 210 g/mol. The third-order valence-electron chi connectivity index (χ3n) is 1.86. The highest BCUT2D eigenvalue weighted by atomic mass is 16.6. The van der Waals surface area contributed by atoms with E-state index in [1.807, 2.05) is 0 Å². The molecule has 0 saturated heterocycles. The minimum Gasteiger partial charge on any atom is -0.393 e. The summed E-state index contributed by atoms with van der Waals surface area (Å²) in [5.41, 5.74) is 0. The van der Waals surface area contributed by atoms with Crippen LogP contribution in [0.15, 0.2) is 0 Å². The third-order valence-corrected chi connectivity index (χ3v) is 1.86. The molecular weight excluding hydrogens is 196 g/mol. The zero-order valence-electron chi connectivity index (χ0n) is 7.57. The predicted octanol–water partition coefficient (Wildman–Crippen LogP) is -3.40. The van der Waals surface area contributed by atoms with E-state index in [1.165, 1.54) is 0 Å². The van der Waals surface area contributed by atoms with Gasteiger partial charge in [-0.2, -0.15) is 0 Å². The van der Waals surface area contributed by atoms with Crippen molar-refractivity contribution in [3.63, 3.8) is 0 Å². The Morgan fingerprint density at radius 3 is 2.21 bits per heavy atom. The van der Waals surface area contributed by atoms with E-state index in [1.54, 1.807) is 0 Å². The molecule has 0 aromatic carbocycles. The number of carbonyl (C=O) groups is 1. The van der Waals surface area contributed by atoms with Crippen LogP contribution in [0.5, 0.6) is 0 Å². The number of aliphatic hydroxyl groups excluding tert-OH is 4. The second-order valence-electron chi connectivity index (χ2n) is 2.73. The lowest BCUT2D eigenvalue weighted by molar-refractivity contribution is -0.304.